The number of anilines is 1. The van der Waals surface area contributed by atoms with Crippen LogP contribution in [-0.2, 0) is 5.54 Å². The molecule has 2 rings (SSSR count). The average molecular weight is 274 g/mol. The minimum absolute atomic E-state index is 0.0666. The lowest BCUT2D eigenvalue weighted by atomic mass is 10.1. The molecule has 2 heterocycles. The lowest BCUT2D eigenvalue weighted by molar-refractivity contribution is 0.355. The molecule has 20 heavy (non-hydrogen) atoms. The Hall–Kier alpha value is -2.44. The molecule has 106 valence electrons. The van der Waals surface area contributed by atoms with Crippen molar-refractivity contribution in [2.75, 3.05) is 5.43 Å². The molecule has 0 aromatic carbocycles. The van der Waals surface area contributed by atoms with Crippen molar-refractivity contribution in [2.24, 2.45) is 5.10 Å². The molecule has 2 aromatic heterocycles. The first-order valence-electron chi connectivity index (χ1n) is 6.27. The standard InChI is InChI=1S/C13H18N6O/c1-9-5-11(20)17-12(16-9)18-14-6-10-7-15-19(8-10)13(2,3)4/h5-8H,1-4H3,(H2,16,17,18,20)/b14-6+. The first-order valence-corrected chi connectivity index (χ1v) is 6.27. The molecule has 2 N–H and O–H groups in total. The maximum Gasteiger partial charge on any atom is 0.252 e. The van der Waals surface area contributed by atoms with Crippen LogP contribution in [0.25, 0.3) is 0 Å². The van der Waals surface area contributed by atoms with Crippen molar-refractivity contribution in [2.45, 2.75) is 33.2 Å². The Bertz CT molecular complexity index is 677. The van der Waals surface area contributed by atoms with Crippen LogP contribution in [0.3, 0.4) is 0 Å². The summed E-state index contributed by atoms with van der Waals surface area (Å²) in [5.74, 6) is 0.314. The Morgan fingerprint density at radius 1 is 1.45 bits per heavy atom. The minimum atomic E-state index is -0.212. The number of H-pyrrole nitrogens is 1. The van der Waals surface area contributed by atoms with E-state index in [-0.39, 0.29) is 11.1 Å². The van der Waals surface area contributed by atoms with E-state index in [0.717, 1.165) is 5.56 Å². The van der Waals surface area contributed by atoms with Crippen molar-refractivity contribution < 1.29 is 0 Å². The van der Waals surface area contributed by atoms with Crippen LogP contribution < -0.4 is 11.0 Å². The lowest BCUT2D eigenvalue weighted by Crippen LogP contribution is -2.21. The maximum absolute atomic E-state index is 11.3. The normalized spacial score (nSPS) is 12.0. The Morgan fingerprint density at radius 2 is 2.20 bits per heavy atom. The summed E-state index contributed by atoms with van der Waals surface area (Å²) in [5.41, 5.74) is 3.90. The molecule has 2 aromatic rings. The molecule has 7 heteroatoms. The number of aromatic amines is 1. The van der Waals surface area contributed by atoms with Crippen molar-refractivity contribution in [3.8, 4) is 0 Å². The Kier molecular flexibility index (Phi) is 3.69. The minimum Gasteiger partial charge on any atom is -0.291 e. The smallest absolute Gasteiger partial charge is 0.252 e. The second-order valence-electron chi connectivity index (χ2n) is 5.49. The first-order chi connectivity index (χ1) is 9.34. The van der Waals surface area contributed by atoms with Gasteiger partial charge in [0.2, 0.25) is 5.95 Å². The summed E-state index contributed by atoms with van der Waals surface area (Å²) in [4.78, 5) is 17.9. The number of hydrazone groups is 1. The predicted octanol–water partition coefficient (Wildman–Crippen LogP) is 1.48. The third-order valence-electron chi connectivity index (χ3n) is 2.54. The molecule has 0 unspecified atom stereocenters. The van der Waals surface area contributed by atoms with E-state index < -0.39 is 0 Å². The van der Waals surface area contributed by atoms with Crippen molar-refractivity contribution in [1.29, 1.82) is 0 Å². The highest BCUT2D eigenvalue weighted by molar-refractivity contribution is 5.79. The number of rotatable bonds is 3. The van der Waals surface area contributed by atoms with E-state index in [2.05, 4.69) is 46.4 Å². The maximum atomic E-state index is 11.3. The molecule has 0 aliphatic heterocycles. The van der Waals surface area contributed by atoms with Crippen LogP contribution >= 0.6 is 0 Å². The number of nitrogens with one attached hydrogen (secondary N) is 2. The van der Waals surface area contributed by atoms with E-state index in [4.69, 9.17) is 0 Å². The first kappa shape index (κ1) is 14.0. The van der Waals surface area contributed by atoms with Crippen LogP contribution in [-0.4, -0.2) is 26.0 Å². The predicted molar refractivity (Wildman–Crippen MR) is 78.0 cm³/mol. The van der Waals surface area contributed by atoms with Gasteiger partial charge >= 0.3 is 0 Å². The molecule has 0 aliphatic carbocycles. The molecule has 7 nitrogen and oxygen atoms in total. The highest BCUT2D eigenvalue weighted by Gasteiger charge is 2.13. The van der Waals surface area contributed by atoms with Gasteiger partial charge in [0, 0.05) is 23.5 Å². The molecule has 0 aliphatic rings. The average Bonchev–Trinajstić information content (AvgIpc) is 2.76. The topological polar surface area (TPSA) is 88.0 Å². The molecule has 0 saturated heterocycles. The number of hydrogen-bond donors (Lipinski definition) is 2. The summed E-state index contributed by atoms with van der Waals surface area (Å²) >= 11 is 0. The van der Waals surface area contributed by atoms with E-state index in [0.29, 0.717) is 11.6 Å². The van der Waals surface area contributed by atoms with Crippen molar-refractivity contribution in [3.05, 3.63) is 40.1 Å². The van der Waals surface area contributed by atoms with Gasteiger partial charge in [0.15, 0.2) is 0 Å². The lowest BCUT2D eigenvalue weighted by Gasteiger charge is -2.18. The second kappa shape index (κ2) is 5.28. The molecule has 0 spiro atoms. The third-order valence-corrected chi connectivity index (χ3v) is 2.54. The zero-order chi connectivity index (χ0) is 14.8. The van der Waals surface area contributed by atoms with E-state index >= 15 is 0 Å². The van der Waals surface area contributed by atoms with Gasteiger partial charge < -0.3 is 0 Å². The molecular formula is C13H18N6O. The van der Waals surface area contributed by atoms with Gasteiger partial charge in [-0.05, 0) is 27.7 Å². The highest BCUT2D eigenvalue weighted by Crippen LogP contribution is 2.12. The van der Waals surface area contributed by atoms with Crippen molar-refractivity contribution >= 4 is 12.2 Å². The number of nitrogens with zero attached hydrogens (tertiary/aromatic N) is 4. The Morgan fingerprint density at radius 3 is 2.80 bits per heavy atom. The quantitative estimate of drug-likeness (QED) is 0.655. The van der Waals surface area contributed by atoms with E-state index in [9.17, 15) is 4.79 Å². The van der Waals surface area contributed by atoms with Crippen LogP contribution in [0, 0.1) is 6.92 Å². The van der Waals surface area contributed by atoms with Gasteiger partial charge in [-0.2, -0.15) is 10.2 Å². The SMILES string of the molecule is Cc1cc(=O)[nH]c(N/N=C/c2cnn(C(C)(C)C)c2)n1. The number of aromatic nitrogens is 4. The fraction of sp³-hybridized carbons (Fsp3) is 0.385. The fourth-order valence-electron chi connectivity index (χ4n) is 1.57. The Balaban J connectivity index is 2.07. The van der Waals surface area contributed by atoms with Crippen LogP contribution in [0.15, 0.2) is 28.4 Å². The van der Waals surface area contributed by atoms with E-state index in [1.807, 2.05) is 10.9 Å². The molecular weight excluding hydrogens is 256 g/mol. The summed E-state index contributed by atoms with van der Waals surface area (Å²) in [6.07, 6.45) is 5.25. The summed E-state index contributed by atoms with van der Waals surface area (Å²) in [7, 11) is 0. The van der Waals surface area contributed by atoms with Gasteiger partial charge in [-0.1, -0.05) is 0 Å². The zero-order valence-corrected chi connectivity index (χ0v) is 12.0. The van der Waals surface area contributed by atoms with Gasteiger partial charge in [0.25, 0.3) is 5.56 Å². The Labute approximate surface area is 116 Å². The molecule has 0 amide bonds. The molecule has 0 atom stereocenters. The summed E-state index contributed by atoms with van der Waals surface area (Å²) in [6.45, 7) is 7.96. The van der Waals surface area contributed by atoms with Crippen LogP contribution in [0.4, 0.5) is 5.95 Å². The van der Waals surface area contributed by atoms with Crippen LogP contribution in [0.5, 0.6) is 0 Å². The second-order valence-corrected chi connectivity index (χ2v) is 5.49. The van der Waals surface area contributed by atoms with Gasteiger partial charge in [0.05, 0.1) is 18.0 Å². The number of hydrogen-bond acceptors (Lipinski definition) is 5. The van der Waals surface area contributed by atoms with E-state index in [1.165, 1.54) is 6.07 Å². The zero-order valence-electron chi connectivity index (χ0n) is 12.0. The van der Waals surface area contributed by atoms with E-state index in [1.54, 1.807) is 19.3 Å². The van der Waals surface area contributed by atoms with Crippen molar-refractivity contribution in [3.63, 3.8) is 0 Å². The highest BCUT2D eigenvalue weighted by atomic mass is 16.1. The summed E-state index contributed by atoms with van der Waals surface area (Å²) < 4.78 is 1.86. The summed E-state index contributed by atoms with van der Waals surface area (Å²) in [6, 6.07) is 1.42. The third kappa shape index (κ3) is 3.53. The monoisotopic (exact) mass is 274 g/mol. The summed E-state index contributed by atoms with van der Waals surface area (Å²) in [5, 5.41) is 8.29. The van der Waals surface area contributed by atoms with Crippen molar-refractivity contribution in [1.82, 2.24) is 19.7 Å². The van der Waals surface area contributed by atoms with Gasteiger partial charge in [0.1, 0.15) is 0 Å². The van der Waals surface area contributed by atoms with Gasteiger partial charge in [-0.25, -0.2) is 10.4 Å². The van der Waals surface area contributed by atoms with Gasteiger partial charge in [-0.3, -0.25) is 14.5 Å². The molecule has 0 radical (unpaired) electrons. The molecule has 0 bridgehead atoms. The molecule has 0 fully saturated rings. The fourth-order valence-corrected chi connectivity index (χ4v) is 1.57. The largest absolute Gasteiger partial charge is 0.291 e. The number of aryl methyl sites for hydroxylation is 1. The van der Waals surface area contributed by atoms with Gasteiger partial charge in [-0.15, -0.1) is 0 Å². The van der Waals surface area contributed by atoms with Crippen LogP contribution in [0.2, 0.25) is 0 Å². The van der Waals surface area contributed by atoms with Crippen LogP contribution in [0.1, 0.15) is 32.0 Å². The molecule has 0 saturated carbocycles.